The first-order chi connectivity index (χ1) is 11.9. The lowest BCUT2D eigenvalue weighted by molar-refractivity contribution is -0.0841. The zero-order chi connectivity index (χ0) is 18.0. The standard InChI is InChI=1S/C20H27F3O2/c1-2-3-13-4-5-18(25-12-13)14-6-8-20(24,9-7-14)15-10-16(21)19(23)17(22)11-15/h10-11,13-14,18,24H,2-9,12H2,1H3. The van der Waals surface area contributed by atoms with Crippen LogP contribution in [0.25, 0.3) is 0 Å². The van der Waals surface area contributed by atoms with Gasteiger partial charge in [0.1, 0.15) is 0 Å². The Morgan fingerprint density at radius 3 is 2.24 bits per heavy atom. The Morgan fingerprint density at radius 2 is 1.72 bits per heavy atom. The van der Waals surface area contributed by atoms with Crippen molar-refractivity contribution in [1.82, 2.24) is 0 Å². The summed E-state index contributed by atoms with van der Waals surface area (Å²) in [4.78, 5) is 0. The lowest BCUT2D eigenvalue weighted by atomic mass is 9.72. The van der Waals surface area contributed by atoms with E-state index in [2.05, 4.69) is 6.92 Å². The summed E-state index contributed by atoms with van der Waals surface area (Å²) in [7, 11) is 0. The Kier molecular flexibility index (Phi) is 5.74. The molecule has 0 spiro atoms. The van der Waals surface area contributed by atoms with Crippen molar-refractivity contribution in [2.75, 3.05) is 6.61 Å². The van der Waals surface area contributed by atoms with Gasteiger partial charge in [-0.2, -0.15) is 0 Å². The molecule has 0 amide bonds. The van der Waals surface area contributed by atoms with Crippen molar-refractivity contribution in [3.05, 3.63) is 35.1 Å². The van der Waals surface area contributed by atoms with Gasteiger partial charge in [0.25, 0.3) is 0 Å². The highest BCUT2D eigenvalue weighted by Crippen LogP contribution is 2.43. The second-order valence-corrected chi connectivity index (χ2v) is 7.73. The molecule has 5 heteroatoms. The first-order valence-electron chi connectivity index (χ1n) is 9.42. The largest absolute Gasteiger partial charge is 0.385 e. The Labute approximate surface area is 147 Å². The van der Waals surface area contributed by atoms with E-state index in [9.17, 15) is 18.3 Å². The molecule has 1 saturated heterocycles. The van der Waals surface area contributed by atoms with Crippen molar-refractivity contribution in [3.8, 4) is 0 Å². The summed E-state index contributed by atoms with van der Waals surface area (Å²) in [5.74, 6) is -2.95. The number of hydrogen-bond donors (Lipinski definition) is 1. The maximum Gasteiger partial charge on any atom is 0.194 e. The summed E-state index contributed by atoms with van der Waals surface area (Å²) in [6, 6.07) is 1.84. The first-order valence-corrected chi connectivity index (χ1v) is 9.42. The van der Waals surface area contributed by atoms with E-state index in [4.69, 9.17) is 4.74 Å². The summed E-state index contributed by atoms with van der Waals surface area (Å²) < 4.78 is 46.2. The maximum atomic E-state index is 13.5. The first kappa shape index (κ1) is 18.7. The van der Waals surface area contributed by atoms with Crippen LogP contribution in [-0.2, 0) is 10.3 Å². The Morgan fingerprint density at radius 1 is 1.08 bits per heavy atom. The number of hydrogen-bond acceptors (Lipinski definition) is 2. The Bertz CT molecular complexity index is 566. The van der Waals surface area contributed by atoms with E-state index in [1.54, 1.807) is 0 Å². The van der Waals surface area contributed by atoms with E-state index in [-0.39, 0.29) is 11.7 Å². The van der Waals surface area contributed by atoms with E-state index < -0.39 is 23.1 Å². The van der Waals surface area contributed by atoms with E-state index in [0.29, 0.717) is 24.7 Å². The van der Waals surface area contributed by atoms with Crippen molar-refractivity contribution in [1.29, 1.82) is 0 Å². The maximum absolute atomic E-state index is 13.5. The van der Waals surface area contributed by atoms with Crippen molar-refractivity contribution < 1.29 is 23.0 Å². The molecule has 140 valence electrons. The summed E-state index contributed by atoms with van der Waals surface area (Å²) in [6.45, 7) is 3.00. The quantitative estimate of drug-likeness (QED) is 0.763. The lowest BCUT2D eigenvalue weighted by Gasteiger charge is -2.41. The van der Waals surface area contributed by atoms with Gasteiger partial charge in [-0.15, -0.1) is 0 Å². The molecule has 1 aliphatic heterocycles. The summed E-state index contributed by atoms with van der Waals surface area (Å²) in [5.41, 5.74) is -1.15. The van der Waals surface area contributed by atoms with Gasteiger partial charge in [-0.25, -0.2) is 13.2 Å². The highest BCUT2D eigenvalue weighted by Gasteiger charge is 2.39. The summed E-state index contributed by atoms with van der Waals surface area (Å²) in [5, 5.41) is 10.8. The number of aliphatic hydroxyl groups is 1. The molecule has 1 N–H and O–H groups in total. The molecule has 0 bridgehead atoms. The van der Waals surface area contributed by atoms with E-state index >= 15 is 0 Å². The van der Waals surface area contributed by atoms with Crippen molar-refractivity contribution in [2.45, 2.75) is 70.0 Å². The molecule has 2 atom stereocenters. The van der Waals surface area contributed by atoms with Gasteiger partial charge in [-0.3, -0.25) is 0 Å². The minimum absolute atomic E-state index is 0.134. The van der Waals surface area contributed by atoms with Gasteiger partial charge in [0.2, 0.25) is 0 Å². The van der Waals surface area contributed by atoms with E-state index in [1.807, 2.05) is 0 Å². The molecule has 2 aliphatic rings. The van der Waals surface area contributed by atoms with Gasteiger partial charge in [-0.1, -0.05) is 13.3 Å². The summed E-state index contributed by atoms with van der Waals surface area (Å²) in [6.07, 6.45) is 7.18. The van der Waals surface area contributed by atoms with Crippen LogP contribution in [0.1, 0.15) is 63.9 Å². The molecule has 0 aromatic heterocycles. The van der Waals surface area contributed by atoms with Crippen LogP contribution in [-0.4, -0.2) is 17.8 Å². The van der Waals surface area contributed by atoms with Crippen LogP contribution >= 0.6 is 0 Å². The zero-order valence-corrected chi connectivity index (χ0v) is 14.7. The third-order valence-corrected chi connectivity index (χ3v) is 6.01. The fraction of sp³-hybridized carbons (Fsp3) is 0.700. The fourth-order valence-corrected chi connectivity index (χ4v) is 4.44. The van der Waals surface area contributed by atoms with Crippen LogP contribution in [0, 0.1) is 29.3 Å². The van der Waals surface area contributed by atoms with Gasteiger partial charge in [0, 0.05) is 6.61 Å². The molecule has 1 aromatic carbocycles. The van der Waals surface area contributed by atoms with Crippen LogP contribution in [0.3, 0.4) is 0 Å². The minimum atomic E-state index is -1.49. The predicted molar refractivity (Wildman–Crippen MR) is 89.5 cm³/mol. The highest BCUT2D eigenvalue weighted by atomic mass is 19.2. The fourth-order valence-electron chi connectivity index (χ4n) is 4.44. The second kappa shape index (κ2) is 7.67. The minimum Gasteiger partial charge on any atom is -0.385 e. The molecule has 3 rings (SSSR count). The average molecular weight is 356 g/mol. The molecular weight excluding hydrogens is 329 g/mol. The van der Waals surface area contributed by atoms with E-state index in [1.165, 1.54) is 19.3 Å². The van der Waals surface area contributed by atoms with E-state index in [0.717, 1.165) is 38.0 Å². The third kappa shape index (κ3) is 4.03. The van der Waals surface area contributed by atoms with Gasteiger partial charge < -0.3 is 9.84 Å². The second-order valence-electron chi connectivity index (χ2n) is 7.73. The predicted octanol–water partition coefficient (Wildman–Crippen LogP) is 5.08. The van der Waals surface area contributed by atoms with Crippen molar-refractivity contribution in [2.24, 2.45) is 11.8 Å². The van der Waals surface area contributed by atoms with Crippen LogP contribution in [0.2, 0.25) is 0 Å². The number of ether oxygens (including phenoxy) is 1. The molecule has 2 fully saturated rings. The highest BCUT2D eigenvalue weighted by molar-refractivity contribution is 5.26. The molecule has 0 radical (unpaired) electrons. The smallest absolute Gasteiger partial charge is 0.194 e. The van der Waals surface area contributed by atoms with Crippen LogP contribution in [0.4, 0.5) is 13.2 Å². The molecule has 2 nitrogen and oxygen atoms in total. The molecule has 1 saturated carbocycles. The molecular formula is C20H27F3O2. The SMILES string of the molecule is CCCC1CCC(C2CCC(O)(c3cc(F)c(F)c(F)c3)CC2)OC1. The molecule has 1 heterocycles. The van der Waals surface area contributed by atoms with Crippen LogP contribution in [0.15, 0.2) is 12.1 Å². The topological polar surface area (TPSA) is 29.5 Å². The van der Waals surface area contributed by atoms with Crippen molar-refractivity contribution >= 4 is 0 Å². The van der Waals surface area contributed by atoms with Crippen LogP contribution in [0.5, 0.6) is 0 Å². The van der Waals surface area contributed by atoms with Crippen molar-refractivity contribution in [3.63, 3.8) is 0 Å². The average Bonchev–Trinajstić information content (AvgIpc) is 2.61. The number of benzene rings is 1. The number of halogens is 3. The van der Waals surface area contributed by atoms with Gasteiger partial charge in [0.15, 0.2) is 17.5 Å². The third-order valence-electron chi connectivity index (χ3n) is 6.01. The van der Waals surface area contributed by atoms with Gasteiger partial charge in [-0.05, 0) is 74.5 Å². The van der Waals surface area contributed by atoms with Gasteiger partial charge in [0.05, 0.1) is 11.7 Å². The Hall–Kier alpha value is -1.07. The molecule has 25 heavy (non-hydrogen) atoms. The van der Waals surface area contributed by atoms with Gasteiger partial charge >= 0.3 is 0 Å². The molecule has 1 aliphatic carbocycles. The summed E-state index contributed by atoms with van der Waals surface area (Å²) >= 11 is 0. The number of rotatable bonds is 4. The lowest BCUT2D eigenvalue weighted by Crippen LogP contribution is -2.38. The molecule has 2 unspecified atom stereocenters. The van der Waals surface area contributed by atoms with Crippen LogP contribution < -0.4 is 0 Å². The Balaban J connectivity index is 1.60. The normalized spacial score (nSPS) is 33.4. The monoisotopic (exact) mass is 356 g/mol. The molecule has 1 aromatic rings. The zero-order valence-electron chi connectivity index (χ0n) is 14.7.